The Morgan fingerprint density at radius 1 is 1.17 bits per heavy atom. The highest BCUT2D eigenvalue weighted by Gasteiger charge is 2.20. The summed E-state index contributed by atoms with van der Waals surface area (Å²) >= 11 is 6.06. The molecule has 0 bridgehead atoms. The van der Waals surface area contributed by atoms with Crippen LogP contribution in [0.25, 0.3) is 0 Å². The first-order valence-corrected chi connectivity index (χ1v) is 11.1. The monoisotopic (exact) mass is 441 g/mol. The highest BCUT2D eigenvalue weighted by Crippen LogP contribution is 2.25. The van der Waals surface area contributed by atoms with Crippen LogP contribution in [0.4, 0.5) is 10.1 Å². The van der Waals surface area contributed by atoms with E-state index < -0.39 is 15.8 Å². The van der Waals surface area contributed by atoms with E-state index in [4.69, 9.17) is 11.6 Å². The Bertz CT molecular complexity index is 950. The van der Waals surface area contributed by atoms with E-state index in [1.807, 2.05) is 6.92 Å². The molecule has 158 valence electrons. The SMILES string of the molecule is CCN(CCNC(=O)c1ccc(Cl)c(S(=O)(=O)Nc2ccc(F)cc2)c1)C(C)C. The Morgan fingerprint density at radius 3 is 2.41 bits per heavy atom. The molecule has 0 aliphatic heterocycles. The second-order valence-corrected chi connectivity index (χ2v) is 8.79. The van der Waals surface area contributed by atoms with Gasteiger partial charge in [0.2, 0.25) is 0 Å². The molecule has 0 saturated heterocycles. The number of carbonyl (C=O) groups is 1. The molecule has 6 nitrogen and oxygen atoms in total. The lowest BCUT2D eigenvalue weighted by atomic mass is 10.2. The molecule has 29 heavy (non-hydrogen) atoms. The number of amides is 1. The lowest BCUT2D eigenvalue weighted by molar-refractivity contribution is 0.0945. The second-order valence-electron chi connectivity index (χ2n) is 6.74. The fraction of sp³-hybridized carbons (Fsp3) is 0.350. The summed E-state index contributed by atoms with van der Waals surface area (Å²) in [4.78, 5) is 14.4. The molecule has 0 aliphatic carbocycles. The van der Waals surface area contributed by atoms with Crippen molar-refractivity contribution >= 4 is 33.2 Å². The van der Waals surface area contributed by atoms with Gasteiger partial charge in [0.1, 0.15) is 10.7 Å². The van der Waals surface area contributed by atoms with Gasteiger partial charge in [-0.2, -0.15) is 0 Å². The van der Waals surface area contributed by atoms with Crippen molar-refractivity contribution in [3.05, 3.63) is 58.9 Å². The Morgan fingerprint density at radius 2 is 1.83 bits per heavy atom. The van der Waals surface area contributed by atoms with Crippen molar-refractivity contribution in [1.29, 1.82) is 0 Å². The Labute approximate surface area is 176 Å². The zero-order valence-corrected chi connectivity index (χ0v) is 18.1. The van der Waals surface area contributed by atoms with Gasteiger partial charge in [-0.1, -0.05) is 18.5 Å². The molecular formula is C20H25ClFN3O3S. The number of halogens is 2. The predicted molar refractivity (Wildman–Crippen MR) is 113 cm³/mol. The summed E-state index contributed by atoms with van der Waals surface area (Å²) in [6.07, 6.45) is 0. The van der Waals surface area contributed by atoms with E-state index in [2.05, 4.69) is 28.8 Å². The third kappa shape index (κ3) is 6.42. The summed E-state index contributed by atoms with van der Waals surface area (Å²) < 4.78 is 40.7. The highest BCUT2D eigenvalue weighted by molar-refractivity contribution is 7.92. The number of nitrogens with zero attached hydrogens (tertiary/aromatic N) is 1. The molecule has 2 rings (SSSR count). The van der Waals surface area contributed by atoms with E-state index in [1.54, 1.807) is 0 Å². The van der Waals surface area contributed by atoms with Crippen LogP contribution >= 0.6 is 11.6 Å². The third-order valence-electron chi connectivity index (χ3n) is 4.40. The van der Waals surface area contributed by atoms with Crippen LogP contribution in [0.15, 0.2) is 47.4 Å². The zero-order valence-electron chi connectivity index (χ0n) is 16.6. The molecule has 0 saturated carbocycles. The lowest BCUT2D eigenvalue weighted by Gasteiger charge is -2.24. The number of hydrogen-bond acceptors (Lipinski definition) is 4. The normalized spacial score (nSPS) is 11.7. The Kier molecular flexibility index (Phi) is 8.01. The molecule has 0 aliphatic rings. The number of likely N-dealkylation sites (N-methyl/N-ethyl adjacent to an activating group) is 1. The molecule has 2 aromatic rings. The molecule has 0 radical (unpaired) electrons. The van der Waals surface area contributed by atoms with Gasteiger partial charge < -0.3 is 5.32 Å². The average molecular weight is 442 g/mol. The van der Waals surface area contributed by atoms with Crippen LogP contribution in [0.5, 0.6) is 0 Å². The summed E-state index contributed by atoms with van der Waals surface area (Å²) in [5.74, 6) is -0.872. The summed E-state index contributed by atoms with van der Waals surface area (Å²) in [7, 11) is -4.05. The molecule has 9 heteroatoms. The van der Waals surface area contributed by atoms with Crippen LogP contribution in [0.1, 0.15) is 31.1 Å². The van der Waals surface area contributed by atoms with Crippen LogP contribution in [-0.4, -0.2) is 44.9 Å². The summed E-state index contributed by atoms with van der Waals surface area (Å²) in [6.45, 7) is 8.19. The first-order valence-electron chi connectivity index (χ1n) is 9.24. The maximum Gasteiger partial charge on any atom is 0.263 e. The maximum absolute atomic E-state index is 13.0. The molecule has 1 amide bonds. The largest absolute Gasteiger partial charge is 0.351 e. The van der Waals surface area contributed by atoms with Gasteiger partial charge in [-0.25, -0.2) is 12.8 Å². The second kappa shape index (κ2) is 10.0. The maximum atomic E-state index is 13.0. The first kappa shape index (κ1) is 23.1. The molecule has 0 unspecified atom stereocenters. The summed E-state index contributed by atoms with van der Waals surface area (Å²) in [5.41, 5.74) is 0.368. The molecule has 0 atom stereocenters. The summed E-state index contributed by atoms with van der Waals surface area (Å²) in [6, 6.07) is 9.29. The molecule has 0 spiro atoms. The van der Waals surface area contributed by atoms with Crippen molar-refractivity contribution in [3.8, 4) is 0 Å². The highest BCUT2D eigenvalue weighted by atomic mass is 35.5. The van der Waals surface area contributed by atoms with Crippen LogP contribution < -0.4 is 10.0 Å². The minimum Gasteiger partial charge on any atom is -0.351 e. The molecular weight excluding hydrogens is 417 g/mol. The van der Waals surface area contributed by atoms with Gasteiger partial charge >= 0.3 is 0 Å². The summed E-state index contributed by atoms with van der Waals surface area (Å²) in [5, 5.41) is 2.77. The number of carbonyl (C=O) groups excluding carboxylic acids is 1. The molecule has 0 fully saturated rings. The number of hydrogen-bond donors (Lipinski definition) is 2. The number of benzene rings is 2. The lowest BCUT2D eigenvalue weighted by Crippen LogP contribution is -2.38. The van der Waals surface area contributed by atoms with E-state index in [1.165, 1.54) is 30.3 Å². The van der Waals surface area contributed by atoms with E-state index in [0.29, 0.717) is 19.1 Å². The van der Waals surface area contributed by atoms with Gasteiger partial charge in [0.05, 0.1) is 5.02 Å². The predicted octanol–water partition coefficient (Wildman–Crippen LogP) is 3.74. The number of nitrogens with one attached hydrogen (secondary N) is 2. The molecule has 0 heterocycles. The van der Waals surface area contributed by atoms with Crippen LogP contribution in [0.2, 0.25) is 5.02 Å². The van der Waals surface area contributed by atoms with Crippen molar-refractivity contribution in [1.82, 2.24) is 10.2 Å². The van der Waals surface area contributed by atoms with Gasteiger partial charge in [0, 0.05) is 30.4 Å². The standard InChI is InChI=1S/C20H25ClFN3O3S/c1-4-25(14(2)3)12-11-23-20(26)15-5-10-18(21)19(13-15)29(27,28)24-17-8-6-16(22)7-9-17/h5-10,13-14,24H,4,11-12H2,1-3H3,(H,23,26). The van der Waals surface area contributed by atoms with Crippen molar-refractivity contribution in [2.75, 3.05) is 24.4 Å². The fourth-order valence-corrected chi connectivity index (χ4v) is 4.36. The Balaban J connectivity index is 2.13. The van der Waals surface area contributed by atoms with Crippen molar-refractivity contribution in [2.45, 2.75) is 31.7 Å². The van der Waals surface area contributed by atoms with Crippen molar-refractivity contribution < 1.29 is 17.6 Å². The number of anilines is 1. The van der Waals surface area contributed by atoms with Crippen molar-refractivity contribution in [3.63, 3.8) is 0 Å². The zero-order chi connectivity index (χ0) is 21.6. The third-order valence-corrected chi connectivity index (χ3v) is 6.26. The van der Waals surface area contributed by atoms with E-state index in [9.17, 15) is 17.6 Å². The Hall–Kier alpha value is -2.16. The van der Waals surface area contributed by atoms with E-state index in [-0.39, 0.29) is 27.1 Å². The molecule has 2 N–H and O–H groups in total. The fourth-order valence-electron chi connectivity index (χ4n) is 2.78. The topological polar surface area (TPSA) is 78.5 Å². The smallest absolute Gasteiger partial charge is 0.263 e. The van der Waals surface area contributed by atoms with Crippen LogP contribution in [0, 0.1) is 5.82 Å². The molecule has 0 aromatic heterocycles. The average Bonchev–Trinajstić information content (AvgIpc) is 2.66. The van der Waals surface area contributed by atoms with Crippen molar-refractivity contribution in [2.24, 2.45) is 0 Å². The van der Waals surface area contributed by atoms with Gasteiger partial charge in [-0.15, -0.1) is 0 Å². The van der Waals surface area contributed by atoms with Gasteiger partial charge in [-0.3, -0.25) is 14.4 Å². The quantitative estimate of drug-likeness (QED) is 0.621. The van der Waals surface area contributed by atoms with E-state index >= 15 is 0 Å². The van der Waals surface area contributed by atoms with E-state index in [0.717, 1.165) is 18.7 Å². The molecule has 2 aromatic carbocycles. The van der Waals surface area contributed by atoms with Crippen LogP contribution in [-0.2, 0) is 10.0 Å². The minimum atomic E-state index is -4.05. The minimum absolute atomic E-state index is 0.0203. The van der Waals surface area contributed by atoms with Gasteiger partial charge in [0.15, 0.2) is 0 Å². The van der Waals surface area contributed by atoms with Crippen LogP contribution in [0.3, 0.4) is 0 Å². The first-order chi connectivity index (χ1) is 13.6. The van der Waals surface area contributed by atoms with Gasteiger partial charge in [0.25, 0.3) is 15.9 Å². The van der Waals surface area contributed by atoms with Gasteiger partial charge in [-0.05, 0) is 62.9 Å². The number of rotatable bonds is 9. The number of sulfonamides is 1.